The molecule has 0 aromatic heterocycles. The van der Waals surface area contributed by atoms with E-state index in [1.165, 1.54) is 48.5 Å². The van der Waals surface area contributed by atoms with Gasteiger partial charge in [-0.3, -0.25) is 19.3 Å². The van der Waals surface area contributed by atoms with Crippen molar-refractivity contribution in [2.45, 2.75) is 50.9 Å². The lowest BCUT2D eigenvalue weighted by Gasteiger charge is -2.46. The van der Waals surface area contributed by atoms with Crippen LogP contribution in [0.15, 0.2) is 48.5 Å². The van der Waals surface area contributed by atoms with Crippen LogP contribution in [0.5, 0.6) is 11.5 Å². The number of nitrogens with zero attached hydrogens (tertiary/aromatic N) is 2. The van der Waals surface area contributed by atoms with Gasteiger partial charge in [0.1, 0.15) is 29.2 Å². The minimum Gasteiger partial charge on any atom is -0.493 e. The minimum absolute atomic E-state index is 0.0240. The van der Waals surface area contributed by atoms with Gasteiger partial charge in [0.25, 0.3) is 5.91 Å². The Hall–Kier alpha value is -5.67. The summed E-state index contributed by atoms with van der Waals surface area (Å²) < 4.78 is 15.4. The number of benzene rings is 2. The number of alkyl carbamates (subject to hydrolysis) is 1. The molecular weight excluding hydrogens is 596 g/mol. The van der Waals surface area contributed by atoms with Crippen LogP contribution in [0.1, 0.15) is 38.8 Å². The van der Waals surface area contributed by atoms with Crippen LogP contribution in [0.4, 0.5) is 15.3 Å². The van der Waals surface area contributed by atoms with E-state index in [-0.39, 0.29) is 48.6 Å². The Kier molecular flexibility index (Phi) is 10.7. The largest absolute Gasteiger partial charge is 0.493 e. The molecule has 1 aliphatic heterocycles. The summed E-state index contributed by atoms with van der Waals surface area (Å²) in [6, 6.07) is 7.05. The summed E-state index contributed by atoms with van der Waals surface area (Å²) in [5, 5.41) is 21.5. The molecule has 0 radical (unpaired) electrons. The number of amides is 4. The highest BCUT2D eigenvalue weighted by atomic mass is 16.6. The molecule has 3 unspecified atom stereocenters. The standard InChI is InChI=1S/C29H32N4O12/c1-29(2,3)45-28(42)31-20(25(37)38)12-13-43-18-10-6-17(7-11-18)33(22(35)15-34)21-14-32(24(21)36)23(26(39)40)16-4-8-19(9-5-16)44-27(30)41/h4-11,15,20-21,23H,12-14H2,1-3H3,(H2,30,41)(H,31,42)(H,37,38)(H,39,40). The van der Waals surface area contributed by atoms with Crippen LogP contribution < -0.4 is 25.4 Å². The summed E-state index contributed by atoms with van der Waals surface area (Å²) in [5.41, 5.74) is 4.48. The number of hydrogen-bond donors (Lipinski definition) is 4. The van der Waals surface area contributed by atoms with E-state index < -0.39 is 59.7 Å². The number of aldehydes is 1. The number of carboxylic acid groups (broad SMARTS) is 2. The maximum absolute atomic E-state index is 13.2. The molecule has 16 heteroatoms. The third-order valence-electron chi connectivity index (χ3n) is 6.33. The summed E-state index contributed by atoms with van der Waals surface area (Å²) in [6.07, 6.45) is -2.04. The number of nitrogens with two attached hydrogens (primary N) is 1. The lowest BCUT2D eigenvalue weighted by molar-refractivity contribution is -0.159. The van der Waals surface area contributed by atoms with Gasteiger partial charge in [-0.1, -0.05) is 12.1 Å². The molecule has 2 aromatic rings. The van der Waals surface area contributed by atoms with E-state index in [2.05, 4.69) is 5.32 Å². The highest BCUT2D eigenvalue weighted by Gasteiger charge is 2.48. The van der Waals surface area contributed by atoms with Gasteiger partial charge >= 0.3 is 24.1 Å². The van der Waals surface area contributed by atoms with Crippen LogP contribution in [-0.4, -0.2) is 88.2 Å². The van der Waals surface area contributed by atoms with Crippen molar-refractivity contribution in [2.24, 2.45) is 5.73 Å². The van der Waals surface area contributed by atoms with Crippen LogP contribution in [0.3, 0.4) is 0 Å². The van der Waals surface area contributed by atoms with Gasteiger partial charge in [0, 0.05) is 12.1 Å². The van der Waals surface area contributed by atoms with E-state index in [1.54, 1.807) is 20.8 Å². The number of primary amides is 1. The predicted molar refractivity (Wildman–Crippen MR) is 153 cm³/mol. The number of β-lactam (4-membered cyclic amide) rings is 1. The van der Waals surface area contributed by atoms with Crippen molar-refractivity contribution in [1.29, 1.82) is 0 Å². The number of likely N-dealkylation sites (tertiary alicyclic amines) is 1. The Bertz CT molecular complexity index is 1450. The van der Waals surface area contributed by atoms with Gasteiger partial charge in [-0.25, -0.2) is 19.2 Å². The Morgan fingerprint density at radius 3 is 2.11 bits per heavy atom. The quantitative estimate of drug-likeness (QED) is 0.140. The predicted octanol–water partition coefficient (Wildman–Crippen LogP) is 1.46. The Morgan fingerprint density at radius 2 is 1.62 bits per heavy atom. The highest BCUT2D eigenvalue weighted by molar-refractivity contribution is 6.32. The number of hydrogen-bond acceptors (Lipinski definition) is 10. The molecule has 1 aliphatic rings. The van der Waals surface area contributed by atoms with Gasteiger partial charge in [-0.05, 0) is 62.7 Å². The second-order valence-electron chi connectivity index (χ2n) is 10.7. The second kappa shape index (κ2) is 14.2. The average Bonchev–Trinajstić information content (AvgIpc) is 2.95. The van der Waals surface area contributed by atoms with E-state index in [0.29, 0.717) is 0 Å². The summed E-state index contributed by atoms with van der Waals surface area (Å²) in [4.78, 5) is 85.6. The molecule has 1 fully saturated rings. The Morgan fingerprint density at radius 1 is 1.02 bits per heavy atom. The molecule has 1 heterocycles. The zero-order chi connectivity index (χ0) is 33.5. The summed E-state index contributed by atoms with van der Waals surface area (Å²) in [6.45, 7) is 4.57. The normalized spacial score (nSPS) is 15.5. The van der Waals surface area contributed by atoms with Gasteiger partial charge in [0.15, 0.2) is 6.04 Å². The molecule has 240 valence electrons. The van der Waals surface area contributed by atoms with Crippen LogP contribution in [0, 0.1) is 0 Å². The molecule has 3 atom stereocenters. The van der Waals surface area contributed by atoms with Crippen molar-refractivity contribution < 1.29 is 58.0 Å². The van der Waals surface area contributed by atoms with Gasteiger partial charge in [-0.15, -0.1) is 0 Å². The number of aliphatic carboxylic acids is 2. The maximum atomic E-state index is 13.2. The van der Waals surface area contributed by atoms with E-state index in [0.717, 1.165) is 9.80 Å². The molecule has 3 rings (SSSR count). The van der Waals surface area contributed by atoms with Gasteiger partial charge < -0.3 is 40.4 Å². The molecule has 0 bridgehead atoms. The first kappa shape index (κ1) is 33.8. The van der Waals surface area contributed by atoms with Gasteiger partial charge in [0.05, 0.1) is 13.2 Å². The third-order valence-corrected chi connectivity index (χ3v) is 6.33. The SMILES string of the molecule is CC(C)(C)OC(=O)NC(CCOc1ccc(N(C(=O)C=O)C2CN(C(C(=O)O)c3ccc(OC(N)=O)cc3)C2=O)cc1)C(=O)O. The lowest BCUT2D eigenvalue weighted by Crippen LogP contribution is -2.67. The number of carbonyl (C=O) groups excluding carboxylic acids is 5. The van der Waals surface area contributed by atoms with Gasteiger partial charge in [-0.2, -0.15) is 0 Å². The number of rotatable bonds is 13. The Balaban J connectivity index is 1.67. The average molecular weight is 629 g/mol. The van der Waals surface area contributed by atoms with Crippen molar-refractivity contribution in [2.75, 3.05) is 18.1 Å². The first-order chi connectivity index (χ1) is 21.1. The van der Waals surface area contributed by atoms with E-state index in [4.69, 9.17) is 19.9 Å². The molecule has 45 heavy (non-hydrogen) atoms. The zero-order valence-corrected chi connectivity index (χ0v) is 24.5. The third kappa shape index (κ3) is 8.92. The van der Waals surface area contributed by atoms with Crippen LogP contribution in [-0.2, 0) is 28.7 Å². The molecular formula is C29H32N4O12. The summed E-state index contributed by atoms with van der Waals surface area (Å²) in [7, 11) is 0. The smallest absolute Gasteiger partial charge is 0.409 e. The summed E-state index contributed by atoms with van der Waals surface area (Å²) >= 11 is 0. The molecule has 16 nitrogen and oxygen atoms in total. The first-order valence-electron chi connectivity index (χ1n) is 13.5. The van der Waals surface area contributed by atoms with E-state index >= 15 is 0 Å². The molecule has 0 aliphatic carbocycles. The molecule has 2 aromatic carbocycles. The van der Waals surface area contributed by atoms with Crippen molar-refractivity contribution in [3.63, 3.8) is 0 Å². The van der Waals surface area contributed by atoms with Crippen molar-refractivity contribution in [3.05, 3.63) is 54.1 Å². The number of anilines is 1. The number of ether oxygens (including phenoxy) is 3. The van der Waals surface area contributed by atoms with Crippen LogP contribution in [0.25, 0.3) is 0 Å². The highest BCUT2D eigenvalue weighted by Crippen LogP contribution is 2.33. The fourth-order valence-corrected chi connectivity index (χ4v) is 4.37. The maximum Gasteiger partial charge on any atom is 0.409 e. The Labute approximate surface area is 256 Å². The molecule has 0 spiro atoms. The topological polar surface area (TPSA) is 232 Å². The van der Waals surface area contributed by atoms with Crippen molar-refractivity contribution in [1.82, 2.24) is 10.2 Å². The number of carbonyl (C=O) groups is 7. The number of carboxylic acids is 2. The summed E-state index contributed by atoms with van der Waals surface area (Å²) in [5.74, 6) is -4.09. The van der Waals surface area contributed by atoms with Gasteiger partial charge in [0.2, 0.25) is 12.2 Å². The van der Waals surface area contributed by atoms with E-state index in [1.807, 2.05) is 0 Å². The van der Waals surface area contributed by atoms with Crippen LogP contribution in [0.2, 0.25) is 0 Å². The zero-order valence-electron chi connectivity index (χ0n) is 24.5. The molecule has 1 saturated heterocycles. The molecule has 5 N–H and O–H groups in total. The molecule has 0 saturated carbocycles. The van der Waals surface area contributed by atoms with E-state index in [9.17, 15) is 43.8 Å². The first-order valence-corrected chi connectivity index (χ1v) is 13.5. The van der Waals surface area contributed by atoms with Crippen molar-refractivity contribution in [3.8, 4) is 11.5 Å². The van der Waals surface area contributed by atoms with Crippen LogP contribution >= 0.6 is 0 Å². The second-order valence-corrected chi connectivity index (χ2v) is 10.7. The fraction of sp³-hybridized carbons (Fsp3) is 0.345. The number of nitrogens with one attached hydrogen (secondary N) is 1. The minimum atomic E-state index is -1.43. The van der Waals surface area contributed by atoms with Crippen molar-refractivity contribution >= 4 is 47.9 Å². The lowest BCUT2D eigenvalue weighted by atomic mass is 9.96. The monoisotopic (exact) mass is 628 g/mol. The fourth-order valence-electron chi connectivity index (χ4n) is 4.37. The molecule has 4 amide bonds.